The van der Waals surface area contributed by atoms with Crippen molar-refractivity contribution in [3.8, 4) is 5.75 Å². The minimum atomic E-state index is -0.133. The number of ether oxygens (including phenoxy) is 1. The number of benzene rings is 2. The second-order valence-corrected chi connectivity index (χ2v) is 5.01. The van der Waals surface area contributed by atoms with Crippen molar-refractivity contribution in [2.24, 2.45) is 0 Å². The summed E-state index contributed by atoms with van der Waals surface area (Å²) < 4.78 is 7.23. The highest BCUT2D eigenvalue weighted by Gasteiger charge is 2.12. The van der Waals surface area contributed by atoms with Gasteiger partial charge in [0.05, 0.1) is 11.0 Å². The second-order valence-electron chi connectivity index (χ2n) is 5.01. The fourth-order valence-electron chi connectivity index (χ4n) is 2.39. The molecule has 1 aromatic heterocycles. The van der Waals surface area contributed by atoms with Gasteiger partial charge in [-0.05, 0) is 37.1 Å². The predicted octanol–water partition coefficient (Wildman–Crippen LogP) is 3.37. The normalized spacial score (nSPS) is 10.8. The van der Waals surface area contributed by atoms with Crippen LogP contribution in [0.2, 0.25) is 0 Å². The van der Waals surface area contributed by atoms with Crippen LogP contribution in [0.3, 0.4) is 0 Å². The zero-order valence-electron chi connectivity index (χ0n) is 12.0. The molecule has 0 spiro atoms. The predicted molar refractivity (Wildman–Crippen MR) is 81.8 cm³/mol. The Bertz CT molecular complexity index is 785. The Hall–Kier alpha value is -2.62. The van der Waals surface area contributed by atoms with E-state index in [1.807, 2.05) is 56.3 Å². The largest absolute Gasteiger partial charge is 0.483 e. The number of para-hydroxylation sites is 3. The van der Waals surface area contributed by atoms with Gasteiger partial charge < -0.3 is 4.74 Å². The van der Waals surface area contributed by atoms with Gasteiger partial charge in [-0.15, -0.1) is 0 Å². The number of carbonyl (C=O) groups excluding carboxylic acids is 1. The molecule has 0 aliphatic rings. The maximum atomic E-state index is 12.3. The summed E-state index contributed by atoms with van der Waals surface area (Å²) in [6.45, 7) is 3.94. The summed E-state index contributed by atoms with van der Waals surface area (Å²) in [5.41, 5.74) is 3.65. The number of imidazole rings is 1. The number of nitrogens with zero attached hydrogens (tertiary/aromatic N) is 2. The standard InChI is InChI=1S/C17H16N2O2/c1-12-6-5-7-13(2)17(12)21-10-16(20)19-11-18-14-8-3-4-9-15(14)19/h3-9,11H,10H2,1-2H3. The Morgan fingerprint density at radius 2 is 1.81 bits per heavy atom. The van der Waals surface area contributed by atoms with Gasteiger partial charge >= 0.3 is 0 Å². The Kier molecular flexibility index (Phi) is 3.44. The number of aryl methyl sites for hydroxylation is 2. The molecule has 0 bridgehead atoms. The molecule has 0 fully saturated rings. The topological polar surface area (TPSA) is 44.1 Å². The summed E-state index contributed by atoms with van der Waals surface area (Å²) in [7, 11) is 0. The van der Waals surface area contributed by atoms with Crippen molar-refractivity contribution in [3.63, 3.8) is 0 Å². The molecule has 0 aliphatic carbocycles. The molecule has 106 valence electrons. The molecular weight excluding hydrogens is 264 g/mol. The Morgan fingerprint density at radius 1 is 1.10 bits per heavy atom. The zero-order chi connectivity index (χ0) is 14.8. The molecule has 0 saturated carbocycles. The minimum absolute atomic E-state index is 0.00789. The zero-order valence-corrected chi connectivity index (χ0v) is 12.0. The molecule has 0 saturated heterocycles. The molecule has 0 radical (unpaired) electrons. The van der Waals surface area contributed by atoms with Crippen LogP contribution in [-0.2, 0) is 0 Å². The average Bonchev–Trinajstić information content (AvgIpc) is 2.90. The van der Waals surface area contributed by atoms with Crippen molar-refractivity contribution < 1.29 is 9.53 Å². The van der Waals surface area contributed by atoms with E-state index < -0.39 is 0 Å². The van der Waals surface area contributed by atoms with E-state index in [0.29, 0.717) is 0 Å². The van der Waals surface area contributed by atoms with E-state index in [-0.39, 0.29) is 12.5 Å². The third-order valence-electron chi connectivity index (χ3n) is 3.47. The maximum Gasteiger partial charge on any atom is 0.270 e. The monoisotopic (exact) mass is 280 g/mol. The molecule has 0 amide bonds. The summed E-state index contributed by atoms with van der Waals surface area (Å²) in [5, 5.41) is 0. The smallest absolute Gasteiger partial charge is 0.270 e. The molecule has 0 unspecified atom stereocenters. The lowest BCUT2D eigenvalue weighted by molar-refractivity contribution is 0.0841. The van der Waals surface area contributed by atoms with Crippen molar-refractivity contribution in [2.45, 2.75) is 13.8 Å². The Balaban J connectivity index is 1.81. The highest BCUT2D eigenvalue weighted by atomic mass is 16.5. The summed E-state index contributed by atoms with van der Waals surface area (Å²) in [4.78, 5) is 16.5. The van der Waals surface area contributed by atoms with E-state index in [4.69, 9.17) is 4.74 Å². The molecule has 3 aromatic rings. The first-order valence-corrected chi connectivity index (χ1v) is 6.81. The maximum absolute atomic E-state index is 12.3. The molecule has 2 aromatic carbocycles. The van der Waals surface area contributed by atoms with E-state index in [1.54, 1.807) is 6.33 Å². The van der Waals surface area contributed by atoms with Gasteiger partial charge in [0.15, 0.2) is 6.61 Å². The van der Waals surface area contributed by atoms with E-state index in [2.05, 4.69) is 4.98 Å². The second kappa shape index (κ2) is 5.40. The summed E-state index contributed by atoms with van der Waals surface area (Å²) in [5.74, 6) is 0.640. The number of aromatic nitrogens is 2. The molecule has 0 aliphatic heterocycles. The summed E-state index contributed by atoms with van der Waals surface area (Å²) in [6.07, 6.45) is 1.54. The minimum Gasteiger partial charge on any atom is -0.483 e. The van der Waals surface area contributed by atoms with Crippen LogP contribution in [0.1, 0.15) is 15.9 Å². The van der Waals surface area contributed by atoms with E-state index in [0.717, 1.165) is 27.9 Å². The van der Waals surface area contributed by atoms with Crippen LogP contribution >= 0.6 is 0 Å². The van der Waals surface area contributed by atoms with Gasteiger partial charge in [-0.25, -0.2) is 4.98 Å². The first-order chi connectivity index (χ1) is 10.2. The van der Waals surface area contributed by atoms with Crippen molar-refractivity contribution in [1.29, 1.82) is 0 Å². The van der Waals surface area contributed by atoms with Gasteiger partial charge in [0.2, 0.25) is 0 Å². The van der Waals surface area contributed by atoms with E-state index in [1.165, 1.54) is 4.57 Å². The first kappa shape index (κ1) is 13.4. The first-order valence-electron chi connectivity index (χ1n) is 6.81. The van der Waals surface area contributed by atoms with E-state index in [9.17, 15) is 4.79 Å². The molecule has 4 nitrogen and oxygen atoms in total. The number of hydrogen-bond donors (Lipinski definition) is 0. The molecular formula is C17H16N2O2. The SMILES string of the molecule is Cc1cccc(C)c1OCC(=O)n1cnc2ccccc21. The van der Waals surface area contributed by atoms with Crippen LogP contribution in [0.25, 0.3) is 11.0 Å². The third kappa shape index (κ3) is 2.52. The highest BCUT2D eigenvalue weighted by molar-refractivity contribution is 5.90. The number of fused-ring (bicyclic) bond motifs is 1. The molecule has 0 N–H and O–H groups in total. The van der Waals surface area contributed by atoms with Crippen molar-refractivity contribution in [2.75, 3.05) is 6.61 Å². The fraction of sp³-hybridized carbons (Fsp3) is 0.176. The molecule has 0 atom stereocenters. The lowest BCUT2D eigenvalue weighted by atomic mass is 10.1. The van der Waals surface area contributed by atoms with Gasteiger partial charge in [-0.1, -0.05) is 30.3 Å². The van der Waals surface area contributed by atoms with Gasteiger partial charge in [-0.3, -0.25) is 9.36 Å². The average molecular weight is 280 g/mol. The van der Waals surface area contributed by atoms with Gasteiger partial charge in [0.25, 0.3) is 5.91 Å². The Morgan fingerprint density at radius 3 is 2.57 bits per heavy atom. The lowest BCUT2D eigenvalue weighted by Gasteiger charge is -2.11. The third-order valence-corrected chi connectivity index (χ3v) is 3.47. The van der Waals surface area contributed by atoms with Crippen molar-refractivity contribution in [1.82, 2.24) is 9.55 Å². The molecule has 3 rings (SSSR count). The summed E-state index contributed by atoms with van der Waals surface area (Å²) >= 11 is 0. The van der Waals surface area contributed by atoms with Crippen LogP contribution in [0.4, 0.5) is 0 Å². The van der Waals surface area contributed by atoms with Crippen LogP contribution in [0.15, 0.2) is 48.8 Å². The van der Waals surface area contributed by atoms with Crippen molar-refractivity contribution >= 4 is 16.9 Å². The lowest BCUT2D eigenvalue weighted by Crippen LogP contribution is -2.19. The summed E-state index contributed by atoms with van der Waals surface area (Å²) in [6, 6.07) is 13.5. The molecule has 1 heterocycles. The number of rotatable bonds is 3. The van der Waals surface area contributed by atoms with Crippen LogP contribution in [0.5, 0.6) is 5.75 Å². The Labute approximate surface area is 123 Å². The fourth-order valence-corrected chi connectivity index (χ4v) is 2.39. The van der Waals surface area contributed by atoms with Crippen LogP contribution in [-0.4, -0.2) is 22.1 Å². The highest BCUT2D eigenvalue weighted by Crippen LogP contribution is 2.22. The number of hydrogen-bond acceptors (Lipinski definition) is 3. The quantitative estimate of drug-likeness (QED) is 0.738. The van der Waals surface area contributed by atoms with Crippen LogP contribution < -0.4 is 4.74 Å². The van der Waals surface area contributed by atoms with Gasteiger partial charge in [0.1, 0.15) is 12.1 Å². The van der Waals surface area contributed by atoms with Gasteiger partial charge in [0, 0.05) is 0 Å². The van der Waals surface area contributed by atoms with E-state index >= 15 is 0 Å². The number of carbonyl (C=O) groups is 1. The van der Waals surface area contributed by atoms with Crippen molar-refractivity contribution in [3.05, 3.63) is 59.9 Å². The molecule has 4 heteroatoms. The molecule has 21 heavy (non-hydrogen) atoms. The van der Waals surface area contributed by atoms with Gasteiger partial charge in [-0.2, -0.15) is 0 Å². The van der Waals surface area contributed by atoms with Crippen LogP contribution in [0, 0.1) is 13.8 Å².